The molecule has 0 saturated heterocycles. The molecule has 1 rings (SSSR count). The van der Waals surface area contributed by atoms with Gasteiger partial charge >= 0.3 is 0 Å². The summed E-state index contributed by atoms with van der Waals surface area (Å²) < 4.78 is 0. The number of rotatable bonds is 3. The summed E-state index contributed by atoms with van der Waals surface area (Å²) in [4.78, 5) is 10.3. The molecule has 0 aliphatic heterocycles. The van der Waals surface area contributed by atoms with E-state index in [9.17, 15) is 4.79 Å². The summed E-state index contributed by atoms with van der Waals surface area (Å²) in [6.07, 6.45) is 0.855. The molecule has 0 unspecified atom stereocenters. The Kier molecular flexibility index (Phi) is 3.00. The predicted molar refractivity (Wildman–Crippen MR) is 49.3 cm³/mol. The van der Waals surface area contributed by atoms with Crippen LogP contribution in [0.2, 0.25) is 0 Å². The van der Waals surface area contributed by atoms with E-state index in [0.717, 1.165) is 11.8 Å². The van der Waals surface area contributed by atoms with Crippen LogP contribution in [0.5, 0.6) is 0 Å². The lowest BCUT2D eigenvalue weighted by atomic mass is 10.1. The number of carbonyl (C=O) groups is 1. The number of aldehydes is 1. The number of hydrogen-bond donors (Lipinski definition) is 1. The van der Waals surface area contributed by atoms with Crippen molar-refractivity contribution >= 4 is 6.29 Å². The molecule has 1 atom stereocenters. The van der Waals surface area contributed by atoms with Crippen molar-refractivity contribution < 1.29 is 4.79 Å². The van der Waals surface area contributed by atoms with E-state index in [1.54, 1.807) is 0 Å². The van der Waals surface area contributed by atoms with Crippen LogP contribution in [0, 0.1) is 0 Å². The van der Waals surface area contributed by atoms with E-state index >= 15 is 0 Å². The Morgan fingerprint density at radius 2 is 1.92 bits per heavy atom. The summed E-state index contributed by atoms with van der Waals surface area (Å²) in [7, 11) is 1.91. The summed E-state index contributed by atoms with van der Waals surface area (Å²) in [6.45, 7) is 2.08. The molecule has 0 bridgehead atoms. The Hall–Kier alpha value is -1.15. The van der Waals surface area contributed by atoms with E-state index in [1.165, 1.54) is 5.56 Å². The monoisotopic (exact) mass is 163 g/mol. The number of nitrogens with one attached hydrogen (secondary N) is 1. The van der Waals surface area contributed by atoms with Crippen LogP contribution in [-0.2, 0) is 0 Å². The first kappa shape index (κ1) is 8.94. The number of benzene rings is 1. The maximum atomic E-state index is 10.3. The van der Waals surface area contributed by atoms with Crippen LogP contribution in [0.15, 0.2) is 24.3 Å². The van der Waals surface area contributed by atoms with E-state index in [2.05, 4.69) is 12.2 Å². The quantitative estimate of drug-likeness (QED) is 0.688. The maximum absolute atomic E-state index is 10.3. The standard InChI is InChI=1S/C10H13NO/c1-8(11-2)10-5-3-9(7-12)4-6-10/h3-8,11H,1-2H3/t8-/m1/s1. The van der Waals surface area contributed by atoms with E-state index in [4.69, 9.17) is 0 Å². The minimum Gasteiger partial charge on any atom is -0.313 e. The molecule has 0 saturated carbocycles. The zero-order valence-electron chi connectivity index (χ0n) is 7.37. The van der Waals surface area contributed by atoms with E-state index < -0.39 is 0 Å². The van der Waals surface area contributed by atoms with Gasteiger partial charge in [0.2, 0.25) is 0 Å². The van der Waals surface area contributed by atoms with Crippen molar-refractivity contribution in [2.24, 2.45) is 0 Å². The first-order valence-electron chi connectivity index (χ1n) is 4.00. The molecule has 0 spiro atoms. The lowest BCUT2D eigenvalue weighted by Gasteiger charge is -2.09. The van der Waals surface area contributed by atoms with Crippen molar-refractivity contribution in [2.45, 2.75) is 13.0 Å². The van der Waals surface area contributed by atoms with E-state index in [0.29, 0.717) is 6.04 Å². The van der Waals surface area contributed by atoms with Gasteiger partial charge < -0.3 is 5.32 Å². The Labute approximate surface area is 72.6 Å². The molecule has 0 aliphatic carbocycles. The summed E-state index contributed by atoms with van der Waals surface area (Å²) in [5.74, 6) is 0. The van der Waals surface area contributed by atoms with Crippen LogP contribution < -0.4 is 5.32 Å². The summed E-state index contributed by atoms with van der Waals surface area (Å²) in [6, 6.07) is 7.92. The van der Waals surface area contributed by atoms with E-state index in [1.807, 2.05) is 31.3 Å². The summed E-state index contributed by atoms with van der Waals surface area (Å²) >= 11 is 0. The van der Waals surface area contributed by atoms with Gasteiger partial charge in [0, 0.05) is 11.6 Å². The van der Waals surface area contributed by atoms with Crippen molar-refractivity contribution in [3.63, 3.8) is 0 Å². The van der Waals surface area contributed by atoms with E-state index in [-0.39, 0.29) is 0 Å². The number of carbonyl (C=O) groups excluding carboxylic acids is 1. The number of hydrogen-bond acceptors (Lipinski definition) is 2. The second kappa shape index (κ2) is 4.02. The van der Waals surface area contributed by atoms with Gasteiger partial charge in [0.05, 0.1) is 0 Å². The van der Waals surface area contributed by atoms with Gasteiger partial charge in [-0.25, -0.2) is 0 Å². The zero-order chi connectivity index (χ0) is 8.97. The summed E-state index contributed by atoms with van der Waals surface area (Å²) in [5, 5.41) is 3.13. The van der Waals surface area contributed by atoms with Crippen molar-refractivity contribution in [3.8, 4) is 0 Å². The fourth-order valence-electron chi connectivity index (χ4n) is 1.03. The Balaban J connectivity index is 2.84. The average Bonchev–Trinajstić information content (AvgIpc) is 2.17. The highest BCUT2D eigenvalue weighted by Crippen LogP contribution is 2.11. The van der Waals surface area contributed by atoms with Gasteiger partial charge in [0.1, 0.15) is 6.29 Å². The summed E-state index contributed by atoms with van der Waals surface area (Å²) in [5.41, 5.74) is 1.92. The molecule has 2 nitrogen and oxygen atoms in total. The van der Waals surface area contributed by atoms with Gasteiger partial charge in [-0.05, 0) is 19.5 Å². The first-order valence-corrected chi connectivity index (χ1v) is 4.00. The van der Waals surface area contributed by atoms with Gasteiger partial charge in [-0.1, -0.05) is 24.3 Å². The van der Waals surface area contributed by atoms with Gasteiger partial charge in [-0.2, -0.15) is 0 Å². The highest BCUT2D eigenvalue weighted by Gasteiger charge is 2.00. The molecule has 1 N–H and O–H groups in total. The SMILES string of the molecule is CN[C@H](C)c1ccc(C=O)cc1. The highest BCUT2D eigenvalue weighted by molar-refractivity contribution is 5.74. The normalized spacial score (nSPS) is 12.5. The lowest BCUT2D eigenvalue weighted by molar-refractivity contribution is 0.112. The Morgan fingerprint density at radius 3 is 2.33 bits per heavy atom. The molecule has 12 heavy (non-hydrogen) atoms. The van der Waals surface area contributed by atoms with Gasteiger partial charge in [-0.15, -0.1) is 0 Å². The molecule has 0 heterocycles. The molecule has 0 radical (unpaired) electrons. The fourth-order valence-corrected chi connectivity index (χ4v) is 1.03. The minimum atomic E-state index is 0.339. The molecule has 64 valence electrons. The van der Waals surface area contributed by atoms with Crippen molar-refractivity contribution in [2.75, 3.05) is 7.05 Å². The molecule has 0 aromatic heterocycles. The average molecular weight is 163 g/mol. The lowest BCUT2D eigenvalue weighted by Crippen LogP contribution is -2.11. The van der Waals surface area contributed by atoms with Gasteiger partial charge in [0.15, 0.2) is 0 Å². The second-order valence-electron chi connectivity index (χ2n) is 2.79. The Morgan fingerprint density at radius 1 is 1.33 bits per heavy atom. The first-order chi connectivity index (χ1) is 5.77. The van der Waals surface area contributed by atoms with Crippen LogP contribution >= 0.6 is 0 Å². The van der Waals surface area contributed by atoms with Crippen LogP contribution in [0.4, 0.5) is 0 Å². The predicted octanol–water partition coefficient (Wildman–Crippen LogP) is 1.78. The molecule has 2 heteroatoms. The molecule has 0 aliphatic rings. The molecular weight excluding hydrogens is 150 g/mol. The maximum Gasteiger partial charge on any atom is 0.150 e. The third kappa shape index (κ3) is 1.92. The van der Waals surface area contributed by atoms with Gasteiger partial charge in [-0.3, -0.25) is 4.79 Å². The van der Waals surface area contributed by atoms with Gasteiger partial charge in [0.25, 0.3) is 0 Å². The minimum absolute atomic E-state index is 0.339. The molecule has 1 aromatic rings. The van der Waals surface area contributed by atoms with Crippen LogP contribution in [0.25, 0.3) is 0 Å². The van der Waals surface area contributed by atoms with Crippen molar-refractivity contribution in [1.82, 2.24) is 5.32 Å². The molecule has 0 fully saturated rings. The fraction of sp³-hybridized carbons (Fsp3) is 0.300. The van der Waals surface area contributed by atoms with Crippen LogP contribution in [-0.4, -0.2) is 13.3 Å². The second-order valence-corrected chi connectivity index (χ2v) is 2.79. The Bertz CT molecular complexity index is 253. The van der Waals surface area contributed by atoms with Crippen molar-refractivity contribution in [3.05, 3.63) is 35.4 Å². The third-order valence-electron chi connectivity index (χ3n) is 2.01. The zero-order valence-corrected chi connectivity index (χ0v) is 7.37. The topological polar surface area (TPSA) is 29.1 Å². The third-order valence-corrected chi connectivity index (χ3v) is 2.01. The van der Waals surface area contributed by atoms with Crippen LogP contribution in [0.3, 0.4) is 0 Å². The van der Waals surface area contributed by atoms with Crippen LogP contribution in [0.1, 0.15) is 28.9 Å². The molecule has 0 amide bonds. The highest BCUT2D eigenvalue weighted by atomic mass is 16.1. The smallest absolute Gasteiger partial charge is 0.150 e. The van der Waals surface area contributed by atoms with Crippen molar-refractivity contribution in [1.29, 1.82) is 0 Å². The largest absolute Gasteiger partial charge is 0.313 e. The molecule has 1 aromatic carbocycles. The molecular formula is C10H13NO.